The molecule has 2 aliphatic rings. The quantitative estimate of drug-likeness (QED) is 0.483. The van der Waals surface area contributed by atoms with Crippen molar-refractivity contribution in [3.05, 3.63) is 12.0 Å². The Morgan fingerprint density at radius 1 is 1.80 bits per heavy atom. The van der Waals surface area contributed by atoms with E-state index < -0.39 is 0 Å². The number of nitrogens with zero attached hydrogens (tertiary/aromatic N) is 1. The molecule has 10 heavy (non-hydrogen) atoms. The highest BCUT2D eigenvalue weighted by Crippen LogP contribution is 2.12. The third kappa shape index (κ3) is 0.853. The Morgan fingerprint density at radius 3 is 3.60 bits per heavy atom. The molecule has 0 aromatic rings. The summed E-state index contributed by atoms with van der Waals surface area (Å²) in [6, 6.07) is 0. The molecule has 4 heteroatoms. The molecular formula is C6H10N2O2. The van der Waals surface area contributed by atoms with E-state index in [1.54, 1.807) is 0 Å². The number of rotatable bonds is 0. The zero-order valence-electron chi connectivity index (χ0n) is 5.58. The van der Waals surface area contributed by atoms with Crippen LogP contribution in [0.25, 0.3) is 0 Å². The molecule has 2 N–H and O–H groups in total. The molecule has 0 saturated carbocycles. The molecule has 0 aliphatic carbocycles. The number of ether oxygens (including phenoxy) is 1. The summed E-state index contributed by atoms with van der Waals surface area (Å²) in [5.74, 6) is 0.306. The average molecular weight is 142 g/mol. The summed E-state index contributed by atoms with van der Waals surface area (Å²) in [4.78, 5) is 2.04. The summed E-state index contributed by atoms with van der Waals surface area (Å²) in [6.07, 6.45) is 1.40. The minimum atomic E-state index is -0.00380. The number of hydrogen-bond donors (Lipinski definition) is 2. The van der Waals surface area contributed by atoms with Crippen LogP contribution in [0.1, 0.15) is 0 Å². The predicted octanol–water partition coefficient (Wildman–Crippen LogP) is -0.395. The molecular weight excluding hydrogens is 132 g/mol. The molecule has 2 heterocycles. The zero-order chi connectivity index (χ0) is 6.97. The van der Waals surface area contributed by atoms with E-state index in [1.165, 1.54) is 6.26 Å². The van der Waals surface area contributed by atoms with Crippen LogP contribution in [0.2, 0.25) is 0 Å². The van der Waals surface area contributed by atoms with Gasteiger partial charge >= 0.3 is 0 Å². The van der Waals surface area contributed by atoms with Crippen molar-refractivity contribution in [3.8, 4) is 0 Å². The lowest BCUT2D eigenvalue weighted by atomic mass is 10.4. The zero-order valence-corrected chi connectivity index (χ0v) is 5.58. The molecule has 0 radical (unpaired) electrons. The molecule has 1 unspecified atom stereocenters. The van der Waals surface area contributed by atoms with Crippen molar-refractivity contribution in [1.82, 2.24) is 10.2 Å². The Morgan fingerprint density at radius 2 is 2.70 bits per heavy atom. The Bertz CT molecular complexity index is 169. The fraction of sp³-hybridized carbons (Fsp3) is 0.667. The predicted molar refractivity (Wildman–Crippen MR) is 35.2 cm³/mol. The lowest BCUT2D eigenvalue weighted by Crippen LogP contribution is -2.40. The minimum Gasteiger partial charge on any atom is -0.508 e. The lowest BCUT2D eigenvalue weighted by molar-refractivity contribution is -0.0175. The van der Waals surface area contributed by atoms with E-state index in [2.05, 4.69) is 5.32 Å². The molecule has 4 nitrogen and oxygen atoms in total. The molecule has 0 spiro atoms. The third-order valence-electron chi connectivity index (χ3n) is 1.75. The van der Waals surface area contributed by atoms with E-state index in [-0.39, 0.29) is 6.35 Å². The fourth-order valence-electron chi connectivity index (χ4n) is 1.26. The van der Waals surface area contributed by atoms with Crippen LogP contribution in [0.3, 0.4) is 0 Å². The molecule has 1 saturated heterocycles. The number of nitrogens with one attached hydrogen (secondary N) is 1. The normalized spacial score (nSPS) is 32.8. The number of hydrogen-bond acceptors (Lipinski definition) is 4. The summed E-state index contributed by atoms with van der Waals surface area (Å²) < 4.78 is 5.12. The number of fused-ring (bicyclic) bond motifs is 1. The standard InChI is InChI=1S/C6H10N2O2/c9-5-3-8-2-1-7-6(8)10-4-5/h4,6-7,9H,1-3H2. The Kier molecular flexibility index (Phi) is 1.28. The van der Waals surface area contributed by atoms with E-state index in [1.807, 2.05) is 4.90 Å². The van der Waals surface area contributed by atoms with Gasteiger partial charge in [-0.05, 0) is 0 Å². The third-order valence-corrected chi connectivity index (χ3v) is 1.75. The van der Waals surface area contributed by atoms with Gasteiger partial charge in [0.25, 0.3) is 0 Å². The summed E-state index contributed by atoms with van der Waals surface area (Å²) in [7, 11) is 0. The van der Waals surface area contributed by atoms with Gasteiger partial charge in [0.15, 0.2) is 0 Å². The van der Waals surface area contributed by atoms with Crippen molar-refractivity contribution in [3.63, 3.8) is 0 Å². The fourth-order valence-corrected chi connectivity index (χ4v) is 1.26. The van der Waals surface area contributed by atoms with Crippen LogP contribution in [0.15, 0.2) is 12.0 Å². The van der Waals surface area contributed by atoms with Crippen molar-refractivity contribution in [2.45, 2.75) is 6.35 Å². The van der Waals surface area contributed by atoms with Crippen LogP contribution >= 0.6 is 0 Å². The van der Waals surface area contributed by atoms with Gasteiger partial charge in [-0.25, -0.2) is 4.90 Å². The van der Waals surface area contributed by atoms with E-state index >= 15 is 0 Å². The second-order valence-corrected chi connectivity index (χ2v) is 2.52. The van der Waals surface area contributed by atoms with Crippen molar-refractivity contribution in [1.29, 1.82) is 0 Å². The Balaban J connectivity index is 2.08. The second kappa shape index (κ2) is 2.14. The van der Waals surface area contributed by atoms with Crippen molar-refractivity contribution in [2.75, 3.05) is 19.6 Å². The van der Waals surface area contributed by atoms with E-state index in [0.29, 0.717) is 12.3 Å². The molecule has 2 aliphatic heterocycles. The van der Waals surface area contributed by atoms with Crippen molar-refractivity contribution in [2.24, 2.45) is 0 Å². The first-order chi connectivity index (χ1) is 4.86. The maximum atomic E-state index is 9.02. The molecule has 0 aromatic heterocycles. The largest absolute Gasteiger partial charge is 0.508 e. The molecule has 2 rings (SSSR count). The van der Waals surface area contributed by atoms with E-state index in [0.717, 1.165) is 13.1 Å². The number of aliphatic hydroxyl groups is 1. The highest BCUT2D eigenvalue weighted by molar-refractivity contribution is 4.95. The average Bonchev–Trinajstić information content (AvgIpc) is 2.33. The topological polar surface area (TPSA) is 44.7 Å². The summed E-state index contributed by atoms with van der Waals surface area (Å²) in [6.45, 7) is 2.49. The molecule has 1 atom stereocenters. The maximum absolute atomic E-state index is 9.02. The smallest absolute Gasteiger partial charge is 0.209 e. The van der Waals surface area contributed by atoms with Gasteiger partial charge in [-0.15, -0.1) is 0 Å². The van der Waals surface area contributed by atoms with Gasteiger partial charge in [-0.3, -0.25) is 5.32 Å². The second-order valence-electron chi connectivity index (χ2n) is 2.52. The molecule has 0 bridgehead atoms. The van der Waals surface area contributed by atoms with Crippen LogP contribution in [0.4, 0.5) is 0 Å². The van der Waals surface area contributed by atoms with Crippen LogP contribution in [0, 0.1) is 0 Å². The van der Waals surface area contributed by atoms with Gasteiger partial charge in [-0.2, -0.15) is 0 Å². The maximum Gasteiger partial charge on any atom is 0.209 e. The minimum absolute atomic E-state index is 0.00380. The SMILES string of the molecule is OC1=COC2NCCN2C1. The number of aliphatic hydroxyl groups excluding tert-OH is 1. The van der Waals surface area contributed by atoms with Crippen molar-refractivity contribution < 1.29 is 9.84 Å². The van der Waals surface area contributed by atoms with Gasteiger partial charge < -0.3 is 9.84 Å². The highest BCUT2D eigenvalue weighted by Gasteiger charge is 2.28. The first-order valence-corrected chi connectivity index (χ1v) is 3.37. The monoisotopic (exact) mass is 142 g/mol. The first kappa shape index (κ1) is 6.00. The van der Waals surface area contributed by atoms with E-state index in [9.17, 15) is 0 Å². The van der Waals surface area contributed by atoms with Crippen LogP contribution in [-0.2, 0) is 4.74 Å². The van der Waals surface area contributed by atoms with Crippen LogP contribution in [0.5, 0.6) is 0 Å². The molecule has 1 fully saturated rings. The van der Waals surface area contributed by atoms with Gasteiger partial charge in [-0.1, -0.05) is 0 Å². The summed E-state index contributed by atoms with van der Waals surface area (Å²) in [5.41, 5.74) is 0. The van der Waals surface area contributed by atoms with Crippen molar-refractivity contribution >= 4 is 0 Å². The molecule has 56 valence electrons. The summed E-state index contributed by atoms with van der Waals surface area (Å²) in [5, 5.41) is 12.2. The molecule has 0 aromatic carbocycles. The van der Waals surface area contributed by atoms with Crippen LogP contribution in [-0.4, -0.2) is 36.0 Å². The van der Waals surface area contributed by atoms with Gasteiger partial charge in [0.2, 0.25) is 6.35 Å². The Hall–Kier alpha value is -0.740. The van der Waals surface area contributed by atoms with Gasteiger partial charge in [0, 0.05) is 13.1 Å². The van der Waals surface area contributed by atoms with E-state index in [4.69, 9.17) is 9.84 Å². The van der Waals surface area contributed by atoms with Crippen LogP contribution < -0.4 is 5.32 Å². The first-order valence-electron chi connectivity index (χ1n) is 3.37. The lowest BCUT2D eigenvalue weighted by Gasteiger charge is -2.26. The van der Waals surface area contributed by atoms with Gasteiger partial charge in [0.1, 0.15) is 12.0 Å². The summed E-state index contributed by atoms with van der Waals surface area (Å²) >= 11 is 0. The highest BCUT2D eigenvalue weighted by atomic mass is 16.5. The Labute approximate surface area is 59.1 Å². The van der Waals surface area contributed by atoms with Gasteiger partial charge in [0.05, 0.1) is 6.54 Å². The molecule has 0 amide bonds.